The van der Waals surface area contributed by atoms with Crippen molar-refractivity contribution in [2.75, 3.05) is 13.1 Å². The molecule has 0 spiro atoms. The minimum atomic E-state index is -0.624. The van der Waals surface area contributed by atoms with Crippen LogP contribution in [-0.4, -0.2) is 28.3 Å². The summed E-state index contributed by atoms with van der Waals surface area (Å²) < 4.78 is 0. The first-order valence-electron chi connectivity index (χ1n) is 6.42. The van der Waals surface area contributed by atoms with Crippen LogP contribution in [-0.2, 0) is 6.42 Å². The molecule has 0 bridgehead atoms. The summed E-state index contributed by atoms with van der Waals surface area (Å²) in [5.41, 5.74) is 1.84. The Balaban J connectivity index is 1.74. The maximum atomic E-state index is 9.98. The summed E-state index contributed by atoms with van der Waals surface area (Å²) in [5, 5.41) is 22.9. The SMILES string of the molecule is Oc1ccc(CCNCC(O)c2cncc(Cl)c2)cc1. The van der Waals surface area contributed by atoms with Crippen LogP contribution >= 0.6 is 11.6 Å². The van der Waals surface area contributed by atoms with Crippen molar-refractivity contribution >= 4 is 11.6 Å². The minimum absolute atomic E-state index is 0.269. The van der Waals surface area contributed by atoms with Gasteiger partial charge >= 0.3 is 0 Å². The number of aromatic hydroxyl groups is 1. The van der Waals surface area contributed by atoms with Gasteiger partial charge in [-0.25, -0.2) is 0 Å². The number of aliphatic hydroxyl groups excluding tert-OH is 1. The van der Waals surface area contributed by atoms with Crippen LogP contribution in [0.3, 0.4) is 0 Å². The molecule has 0 fully saturated rings. The quantitative estimate of drug-likeness (QED) is 0.715. The number of rotatable bonds is 6. The average Bonchev–Trinajstić information content (AvgIpc) is 2.45. The number of nitrogens with one attached hydrogen (secondary N) is 1. The number of benzene rings is 1. The molecule has 2 aromatic rings. The van der Waals surface area contributed by atoms with Gasteiger partial charge in [0, 0.05) is 24.5 Å². The summed E-state index contributed by atoms with van der Waals surface area (Å²) in [5.74, 6) is 0.269. The lowest BCUT2D eigenvalue weighted by Gasteiger charge is -2.12. The molecule has 0 radical (unpaired) electrons. The Bertz CT molecular complexity index is 546. The Morgan fingerprint density at radius 2 is 1.95 bits per heavy atom. The van der Waals surface area contributed by atoms with Gasteiger partial charge in [-0.2, -0.15) is 0 Å². The summed E-state index contributed by atoms with van der Waals surface area (Å²) in [7, 11) is 0. The lowest BCUT2D eigenvalue weighted by atomic mass is 10.1. The maximum Gasteiger partial charge on any atom is 0.115 e. The average molecular weight is 293 g/mol. The number of nitrogens with zero attached hydrogens (tertiary/aromatic N) is 1. The molecule has 4 nitrogen and oxygen atoms in total. The second kappa shape index (κ2) is 7.24. The zero-order valence-corrected chi connectivity index (χ0v) is 11.7. The lowest BCUT2D eigenvalue weighted by molar-refractivity contribution is 0.174. The van der Waals surface area contributed by atoms with E-state index in [2.05, 4.69) is 10.3 Å². The van der Waals surface area contributed by atoms with Crippen molar-refractivity contribution in [2.24, 2.45) is 0 Å². The van der Waals surface area contributed by atoms with E-state index < -0.39 is 6.10 Å². The summed E-state index contributed by atoms with van der Waals surface area (Å²) in [6.07, 6.45) is 3.36. The van der Waals surface area contributed by atoms with Crippen LogP contribution < -0.4 is 5.32 Å². The molecule has 0 saturated heterocycles. The van der Waals surface area contributed by atoms with Crippen LogP contribution in [0.2, 0.25) is 5.02 Å². The van der Waals surface area contributed by atoms with Gasteiger partial charge in [0.2, 0.25) is 0 Å². The number of aliphatic hydroxyl groups is 1. The molecule has 0 aliphatic carbocycles. The Morgan fingerprint density at radius 1 is 1.20 bits per heavy atom. The first-order valence-corrected chi connectivity index (χ1v) is 6.80. The number of hydrogen-bond donors (Lipinski definition) is 3. The zero-order valence-electron chi connectivity index (χ0n) is 11.0. The van der Waals surface area contributed by atoms with E-state index in [9.17, 15) is 10.2 Å². The third kappa shape index (κ3) is 4.49. The first-order chi connectivity index (χ1) is 9.65. The summed E-state index contributed by atoms with van der Waals surface area (Å²) >= 11 is 5.83. The molecule has 0 saturated carbocycles. The first kappa shape index (κ1) is 14.8. The van der Waals surface area contributed by atoms with Crippen LogP contribution in [0.5, 0.6) is 5.75 Å². The molecule has 3 N–H and O–H groups in total. The van der Waals surface area contributed by atoms with Gasteiger partial charge in [-0.15, -0.1) is 0 Å². The molecule has 5 heteroatoms. The second-order valence-electron chi connectivity index (χ2n) is 4.57. The molecule has 1 heterocycles. The van der Waals surface area contributed by atoms with Crippen molar-refractivity contribution in [1.82, 2.24) is 10.3 Å². The Labute approximate surface area is 123 Å². The summed E-state index contributed by atoms with van der Waals surface area (Å²) in [6, 6.07) is 8.81. The summed E-state index contributed by atoms with van der Waals surface area (Å²) in [6.45, 7) is 1.19. The van der Waals surface area contributed by atoms with Gasteiger partial charge in [-0.3, -0.25) is 4.98 Å². The van der Waals surface area contributed by atoms with Crippen LogP contribution in [0.25, 0.3) is 0 Å². The highest BCUT2D eigenvalue weighted by molar-refractivity contribution is 6.30. The largest absolute Gasteiger partial charge is 0.508 e. The minimum Gasteiger partial charge on any atom is -0.508 e. The number of halogens is 1. The number of aromatic nitrogens is 1. The van der Waals surface area contributed by atoms with Crippen molar-refractivity contribution in [3.63, 3.8) is 0 Å². The molecule has 1 aromatic carbocycles. The monoisotopic (exact) mass is 292 g/mol. The zero-order chi connectivity index (χ0) is 14.4. The van der Waals surface area contributed by atoms with E-state index in [4.69, 9.17) is 11.6 Å². The molecule has 1 atom stereocenters. The van der Waals surface area contributed by atoms with Crippen LogP contribution in [0.4, 0.5) is 0 Å². The normalized spacial score (nSPS) is 12.3. The molecule has 0 aliphatic heterocycles. The van der Waals surface area contributed by atoms with E-state index in [0.29, 0.717) is 17.1 Å². The molecule has 1 unspecified atom stereocenters. The lowest BCUT2D eigenvalue weighted by Crippen LogP contribution is -2.23. The van der Waals surface area contributed by atoms with Crippen molar-refractivity contribution < 1.29 is 10.2 Å². The van der Waals surface area contributed by atoms with Crippen LogP contribution in [0.15, 0.2) is 42.7 Å². The van der Waals surface area contributed by atoms with E-state index in [0.717, 1.165) is 18.5 Å². The van der Waals surface area contributed by atoms with Crippen LogP contribution in [0.1, 0.15) is 17.2 Å². The molecular weight excluding hydrogens is 276 g/mol. The highest BCUT2D eigenvalue weighted by atomic mass is 35.5. The third-order valence-electron chi connectivity index (χ3n) is 2.98. The fraction of sp³-hybridized carbons (Fsp3) is 0.267. The highest BCUT2D eigenvalue weighted by Gasteiger charge is 2.07. The fourth-order valence-electron chi connectivity index (χ4n) is 1.86. The van der Waals surface area contributed by atoms with E-state index >= 15 is 0 Å². The predicted molar refractivity (Wildman–Crippen MR) is 78.9 cm³/mol. The van der Waals surface area contributed by atoms with Gasteiger partial charge in [0.05, 0.1) is 11.1 Å². The van der Waals surface area contributed by atoms with Gasteiger partial charge in [0.15, 0.2) is 0 Å². The molecular formula is C15H17ClN2O2. The molecule has 0 amide bonds. The predicted octanol–water partition coefficient (Wildman–Crippen LogP) is 2.31. The molecule has 2 rings (SSSR count). The van der Waals surface area contributed by atoms with Gasteiger partial charge in [-0.05, 0) is 36.7 Å². The van der Waals surface area contributed by atoms with Crippen LogP contribution in [0, 0.1) is 0 Å². The number of pyridine rings is 1. The Morgan fingerprint density at radius 3 is 2.65 bits per heavy atom. The Kier molecular flexibility index (Phi) is 5.35. The van der Waals surface area contributed by atoms with Crippen molar-refractivity contribution in [1.29, 1.82) is 0 Å². The van der Waals surface area contributed by atoms with E-state index in [1.165, 1.54) is 6.20 Å². The topological polar surface area (TPSA) is 65.4 Å². The maximum absolute atomic E-state index is 9.98. The second-order valence-corrected chi connectivity index (χ2v) is 5.01. The van der Waals surface area contributed by atoms with E-state index in [1.54, 1.807) is 24.4 Å². The van der Waals surface area contributed by atoms with Crippen molar-refractivity contribution in [3.05, 3.63) is 58.9 Å². The molecule has 20 heavy (non-hydrogen) atoms. The van der Waals surface area contributed by atoms with Gasteiger partial charge in [0.25, 0.3) is 0 Å². The fourth-order valence-corrected chi connectivity index (χ4v) is 2.04. The molecule has 106 valence electrons. The number of hydrogen-bond acceptors (Lipinski definition) is 4. The van der Waals surface area contributed by atoms with Crippen molar-refractivity contribution in [2.45, 2.75) is 12.5 Å². The van der Waals surface area contributed by atoms with Gasteiger partial charge in [0.1, 0.15) is 5.75 Å². The molecule has 0 aliphatic rings. The summed E-state index contributed by atoms with van der Waals surface area (Å²) in [4.78, 5) is 3.95. The Hall–Kier alpha value is -1.62. The third-order valence-corrected chi connectivity index (χ3v) is 3.18. The molecule has 1 aromatic heterocycles. The van der Waals surface area contributed by atoms with Gasteiger partial charge in [-0.1, -0.05) is 23.7 Å². The van der Waals surface area contributed by atoms with E-state index in [-0.39, 0.29) is 5.75 Å². The van der Waals surface area contributed by atoms with Crippen molar-refractivity contribution in [3.8, 4) is 5.75 Å². The number of phenolic OH excluding ortho intramolecular Hbond substituents is 1. The highest BCUT2D eigenvalue weighted by Crippen LogP contribution is 2.15. The smallest absolute Gasteiger partial charge is 0.115 e. The van der Waals surface area contributed by atoms with E-state index in [1.807, 2.05) is 12.1 Å². The number of phenols is 1. The standard InChI is InChI=1S/C15H17ClN2O2/c16-13-7-12(8-18-9-13)15(20)10-17-6-5-11-1-3-14(19)4-2-11/h1-4,7-9,15,17,19-20H,5-6,10H2. The van der Waals surface area contributed by atoms with Gasteiger partial charge < -0.3 is 15.5 Å².